The lowest BCUT2D eigenvalue weighted by atomic mass is 10.2. The van der Waals surface area contributed by atoms with Crippen LogP contribution in [-0.4, -0.2) is 17.1 Å². The maximum Gasteiger partial charge on any atom is 0.333 e. The van der Waals surface area contributed by atoms with Crippen LogP contribution in [-0.2, 0) is 0 Å². The molecule has 5 nitrogen and oxygen atoms in total. The summed E-state index contributed by atoms with van der Waals surface area (Å²) in [6.07, 6.45) is 4.10. The molecular formula is C11H16N4O. The molecule has 0 aromatic carbocycles. The summed E-state index contributed by atoms with van der Waals surface area (Å²) in [6, 6.07) is 5.47. The molecule has 2 amide bonds. The van der Waals surface area contributed by atoms with E-state index in [1.807, 2.05) is 19.1 Å². The van der Waals surface area contributed by atoms with Gasteiger partial charge in [-0.15, -0.1) is 0 Å². The number of amides is 2. The van der Waals surface area contributed by atoms with Gasteiger partial charge >= 0.3 is 6.03 Å². The maximum absolute atomic E-state index is 11.4. The van der Waals surface area contributed by atoms with Crippen LogP contribution in [0.15, 0.2) is 24.4 Å². The van der Waals surface area contributed by atoms with Gasteiger partial charge < -0.3 is 5.32 Å². The van der Waals surface area contributed by atoms with E-state index in [4.69, 9.17) is 0 Å². The molecule has 1 unspecified atom stereocenters. The van der Waals surface area contributed by atoms with Crippen LogP contribution in [0.4, 0.5) is 10.6 Å². The van der Waals surface area contributed by atoms with Gasteiger partial charge in [-0.05, 0) is 37.8 Å². The van der Waals surface area contributed by atoms with Crippen LogP contribution in [0.3, 0.4) is 0 Å². The molecule has 86 valence electrons. The maximum atomic E-state index is 11.4. The number of hydrogen-bond donors (Lipinski definition) is 3. The molecule has 5 heteroatoms. The number of pyridine rings is 1. The van der Waals surface area contributed by atoms with E-state index in [-0.39, 0.29) is 12.1 Å². The Morgan fingerprint density at radius 1 is 1.50 bits per heavy atom. The van der Waals surface area contributed by atoms with Gasteiger partial charge in [-0.3, -0.25) is 10.9 Å². The fourth-order valence-corrected chi connectivity index (χ4v) is 1.51. The molecule has 2 rings (SSSR count). The van der Waals surface area contributed by atoms with E-state index < -0.39 is 0 Å². The molecule has 1 aliphatic rings. The molecule has 1 atom stereocenters. The van der Waals surface area contributed by atoms with Gasteiger partial charge in [-0.1, -0.05) is 6.07 Å². The predicted octanol–water partition coefficient (Wildman–Crippen LogP) is 1.51. The molecular weight excluding hydrogens is 204 g/mol. The van der Waals surface area contributed by atoms with Crippen molar-refractivity contribution < 1.29 is 4.79 Å². The summed E-state index contributed by atoms with van der Waals surface area (Å²) in [6.45, 7) is 2.03. The zero-order valence-corrected chi connectivity index (χ0v) is 9.23. The Bertz CT molecular complexity index is 350. The van der Waals surface area contributed by atoms with Gasteiger partial charge in [0, 0.05) is 12.2 Å². The summed E-state index contributed by atoms with van der Waals surface area (Å²) in [5.74, 6) is 1.28. The highest BCUT2D eigenvalue weighted by molar-refractivity contribution is 5.75. The van der Waals surface area contributed by atoms with Crippen molar-refractivity contribution in [1.82, 2.24) is 15.7 Å². The second-order valence-electron chi connectivity index (χ2n) is 4.06. The minimum absolute atomic E-state index is 0.218. The van der Waals surface area contributed by atoms with Crippen LogP contribution in [0, 0.1) is 5.92 Å². The van der Waals surface area contributed by atoms with Crippen LogP contribution >= 0.6 is 0 Å². The smallest absolute Gasteiger partial charge is 0.333 e. The third-order valence-corrected chi connectivity index (χ3v) is 2.66. The zero-order chi connectivity index (χ0) is 11.4. The zero-order valence-electron chi connectivity index (χ0n) is 9.23. The molecule has 0 radical (unpaired) electrons. The number of carbonyl (C=O) groups is 1. The molecule has 1 aliphatic carbocycles. The van der Waals surface area contributed by atoms with Crippen molar-refractivity contribution in [3.05, 3.63) is 24.4 Å². The minimum Gasteiger partial charge on any atom is -0.334 e. The molecule has 1 aromatic rings. The minimum atomic E-state index is -0.218. The number of anilines is 1. The number of rotatable bonds is 4. The lowest BCUT2D eigenvalue weighted by molar-refractivity contribution is 0.238. The summed E-state index contributed by atoms with van der Waals surface area (Å²) < 4.78 is 0. The van der Waals surface area contributed by atoms with Gasteiger partial charge in [0.05, 0.1) is 0 Å². The van der Waals surface area contributed by atoms with E-state index in [9.17, 15) is 4.79 Å². The third-order valence-electron chi connectivity index (χ3n) is 2.66. The molecule has 1 aromatic heterocycles. The lowest BCUT2D eigenvalue weighted by Crippen LogP contribution is -2.44. The van der Waals surface area contributed by atoms with Gasteiger partial charge in [0.1, 0.15) is 5.82 Å². The Labute approximate surface area is 94.6 Å². The normalized spacial score (nSPS) is 16.3. The van der Waals surface area contributed by atoms with E-state index >= 15 is 0 Å². The molecule has 0 saturated heterocycles. The van der Waals surface area contributed by atoms with Crippen molar-refractivity contribution in [2.45, 2.75) is 25.8 Å². The average Bonchev–Trinajstić information content (AvgIpc) is 3.11. The molecule has 1 fully saturated rings. The molecule has 1 heterocycles. The van der Waals surface area contributed by atoms with E-state index in [0.29, 0.717) is 11.7 Å². The summed E-state index contributed by atoms with van der Waals surface area (Å²) in [7, 11) is 0. The van der Waals surface area contributed by atoms with E-state index in [1.165, 1.54) is 12.8 Å². The number of hydrogen-bond acceptors (Lipinski definition) is 3. The first-order chi connectivity index (χ1) is 7.75. The van der Waals surface area contributed by atoms with Gasteiger partial charge in [0.15, 0.2) is 0 Å². The van der Waals surface area contributed by atoms with Crippen molar-refractivity contribution in [2.75, 3.05) is 5.43 Å². The fourth-order valence-electron chi connectivity index (χ4n) is 1.51. The number of hydrazine groups is 1. The summed E-state index contributed by atoms with van der Waals surface area (Å²) in [4.78, 5) is 15.5. The topological polar surface area (TPSA) is 66.1 Å². The summed E-state index contributed by atoms with van der Waals surface area (Å²) in [5.41, 5.74) is 5.29. The highest BCUT2D eigenvalue weighted by Crippen LogP contribution is 2.32. The Morgan fingerprint density at radius 3 is 2.94 bits per heavy atom. The van der Waals surface area contributed by atoms with Crippen LogP contribution < -0.4 is 16.2 Å². The molecule has 3 N–H and O–H groups in total. The molecule has 0 aliphatic heterocycles. The molecule has 0 spiro atoms. The highest BCUT2D eigenvalue weighted by Gasteiger charge is 2.28. The Kier molecular flexibility index (Phi) is 3.24. The van der Waals surface area contributed by atoms with Gasteiger partial charge in [0.2, 0.25) is 0 Å². The quantitative estimate of drug-likeness (QED) is 0.674. The Hall–Kier alpha value is -1.78. The van der Waals surface area contributed by atoms with Gasteiger partial charge in [-0.25, -0.2) is 9.78 Å². The average molecular weight is 220 g/mol. The van der Waals surface area contributed by atoms with Crippen molar-refractivity contribution in [3.63, 3.8) is 0 Å². The van der Waals surface area contributed by atoms with Crippen molar-refractivity contribution >= 4 is 11.8 Å². The second-order valence-corrected chi connectivity index (χ2v) is 4.06. The number of nitrogens with one attached hydrogen (secondary N) is 3. The molecule has 0 bridgehead atoms. The standard InChI is InChI=1S/C11H16N4O/c1-8(9-5-6-9)13-11(16)15-14-10-4-2-3-7-12-10/h2-4,7-9H,5-6H2,1H3,(H,12,14)(H2,13,15,16). The van der Waals surface area contributed by atoms with E-state index in [1.54, 1.807) is 12.3 Å². The fraction of sp³-hybridized carbons (Fsp3) is 0.455. The van der Waals surface area contributed by atoms with Crippen molar-refractivity contribution in [3.8, 4) is 0 Å². The van der Waals surface area contributed by atoms with Gasteiger partial charge in [-0.2, -0.15) is 0 Å². The number of carbonyl (C=O) groups excluding carboxylic acids is 1. The Morgan fingerprint density at radius 2 is 2.31 bits per heavy atom. The number of urea groups is 1. The first-order valence-corrected chi connectivity index (χ1v) is 5.49. The predicted molar refractivity (Wildman–Crippen MR) is 61.7 cm³/mol. The van der Waals surface area contributed by atoms with Crippen LogP contribution in [0.5, 0.6) is 0 Å². The lowest BCUT2D eigenvalue weighted by Gasteiger charge is -2.14. The summed E-state index contributed by atoms with van der Waals surface area (Å²) >= 11 is 0. The van der Waals surface area contributed by atoms with Crippen LogP contribution in [0.25, 0.3) is 0 Å². The highest BCUT2D eigenvalue weighted by atomic mass is 16.2. The number of nitrogens with zero attached hydrogens (tertiary/aromatic N) is 1. The number of aromatic nitrogens is 1. The second kappa shape index (κ2) is 4.83. The summed E-state index contributed by atoms with van der Waals surface area (Å²) in [5, 5.41) is 2.87. The first kappa shape index (κ1) is 10.7. The van der Waals surface area contributed by atoms with Crippen molar-refractivity contribution in [2.24, 2.45) is 5.92 Å². The third kappa shape index (κ3) is 3.12. The van der Waals surface area contributed by atoms with E-state index in [2.05, 4.69) is 21.2 Å². The largest absolute Gasteiger partial charge is 0.334 e. The van der Waals surface area contributed by atoms with Crippen LogP contribution in [0.2, 0.25) is 0 Å². The van der Waals surface area contributed by atoms with Crippen LogP contribution in [0.1, 0.15) is 19.8 Å². The first-order valence-electron chi connectivity index (χ1n) is 5.49. The SMILES string of the molecule is CC(NC(=O)NNc1ccccn1)C1CC1. The van der Waals surface area contributed by atoms with E-state index in [0.717, 1.165) is 0 Å². The molecule has 16 heavy (non-hydrogen) atoms. The van der Waals surface area contributed by atoms with Gasteiger partial charge in [0.25, 0.3) is 0 Å². The monoisotopic (exact) mass is 220 g/mol. The Balaban J connectivity index is 1.71. The van der Waals surface area contributed by atoms with Crippen molar-refractivity contribution in [1.29, 1.82) is 0 Å². The molecule has 1 saturated carbocycles.